The van der Waals surface area contributed by atoms with Crippen LogP contribution in [0.15, 0.2) is 35.2 Å². The van der Waals surface area contributed by atoms with Crippen molar-refractivity contribution in [2.45, 2.75) is 31.1 Å². The minimum Gasteiger partial charge on any atom is -0.207 e. The maximum absolute atomic E-state index is 13.5. The zero-order valence-electron chi connectivity index (χ0n) is 12.1. The molecule has 0 fully saturated rings. The van der Waals surface area contributed by atoms with Crippen LogP contribution in [0.3, 0.4) is 0 Å². The zero-order valence-corrected chi connectivity index (χ0v) is 12.9. The fourth-order valence-electron chi connectivity index (χ4n) is 2.97. The average Bonchev–Trinajstić information content (AvgIpc) is 2.79. The molecule has 1 heterocycles. The van der Waals surface area contributed by atoms with Gasteiger partial charge in [-0.2, -0.15) is 5.26 Å². The monoisotopic (exact) mass is 297 g/mol. The highest BCUT2D eigenvalue weighted by Crippen LogP contribution is 2.42. The van der Waals surface area contributed by atoms with Crippen molar-refractivity contribution in [1.29, 1.82) is 5.26 Å². The largest absolute Gasteiger partial charge is 0.207 e. The zero-order chi connectivity index (χ0) is 15.0. The first-order valence-corrected chi connectivity index (χ1v) is 8.02. The standard InChI is InChI=1S/C18H16FNS/c1-11-5-13(8-15(19)6-11)7-14-3-4-17-18(16(14)9-20)12(2)10-21-17/h3-6,8,12H,7,10H2,1-2H3. The molecule has 0 spiro atoms. The van der Waals surface area contributed by atoms with Gasteiger partial charge in [0.1, 0.15) is 5.82 Å². The molecule has 0 radical (unpaired) electrons. The molecule has 2 aromatic carbocycles. The van der Waals surface area contributed by atoms with Crippen LogP contribution in [-0.2, 0) is 6.42 Å². The number of fused-ring (bicyclic) bond motifs is 1. The van der Waals surface area contributed by atoms with Crippen LogP contribution in [0.4, 0.5) is 4.39 Å². The van der Waals surface area contributed by atoms with E-state index in [1.54, 1.807) is 6.07 Å². The van der Waals surface area contributed by atoms with E-state index < -0.39 is 0 Å². The minimum absolute atomic E-state index is 0.214. The normalized spacial score (nSPS) is 16.6. The van der Waals surface area contributed by atoms with Crippen molar-refractivity contribution in [2.75, 3.05) is 5.75 Å². The van der Waals surface area contributed by atoms with Crippen molar-refractivity contribution in [1.82, 2.24) is 0 Å². The lowest BCUT2D eigenvalue weighted by Gasteiger charge is -2.12. The van der Waals surface area contributed by atoms with E-state index in [2.05, 4.69) is 19.1 Å². The lowest BCUT2D eigenvalue weighted by atomic mass is 9.91. The average molecular weight is 297 g/mol. The molecule has 2 aromatic rings. The number of hydrogen-bond acceptors (Lipinski definition) is 2. The molecule has 3 rings (SSSR count). The molecule has 3 heteroatoms. The number of halogens is 1. The first-order valence-electron chi connectivity index (χ1n) is 7.03. The van der Waals surface area contributed by atoms with Crippen LogP contribution in [0.1, 0.15) is 40.7 Å². The summed E-state index contributed by atoms with van der Waals surface area (Å²) in [5, 5.41) is 9.55. The molecule has 1 aliphatic heterocycles. The number of thioether (sulfide) groups is 1. The van der Waals surface area contributed by atoms with Crippen LogP contribution in [-0.4, -0.2) is 5.75 Å². The molecule has 0 aromatic heterocycles. The van der Waals surface area contributed by atoms with Crippen LogP contribution in [0, 0.1) is 24.1 Å². The van der Waals surface area contributed by atoms with Gasteiger partial charge in [-0.3, -0.25) is 0 Å². The number of benzene rings is 2. The maximum Gasteiger partial charge on any atom is 0.123 e. The Balaban J connectivity index is 2.04. The van der Waals surface area contributed by atoms with Crippen molar-refractivity contribution >= 4 is 11.8 Å². The van der Waals surface area contributed by atoms with Gasteiger partial charge in [0.05, 0.1) is 11.6 Å². The highest BCUT2D eigenvalue weighted by atomic mass is 32.2. The van der Waals surface area contributed by atoms with Crippen molar-refractivity contribution in [3.63, 3.8) is 0 Å². The Morgan fingerprint density at radius 3 is 2.86 bits per heavy atom. The third-order valence-electron chi connectivity index (χ3n) is 3.88. The van der Waals surface area contributed by atoms with Gasteiger partial charge in [-0.25, -0.2) is 4.39 Å². The van der Waals surface area contributed by atoms with E-state index in [-0.39, 0.29) is 5.82 Å². The lowest BCUT2D eigenvalue weighted by molar-refractivity contribution is 0.624. The van der Waals surface area contributed by atoms with E-state index in [0.717, 1.165) is 28.0 Å². The third-order valence-corrected chi connectivity index (χ3v) is 5.22. The molecule has 106 valence electrons. The molecular weight excluding hydrogens is 281 g/mol. The molecule has 0 N–H and O–H groups in total. The minimum atomic E-state index is -0.214. The summed E-state index contributed by atoms with van der Waals surface area (Å²) in [7, 11) is 0. The Labute approximate surface area is 128 Å². The Morgan fingerprint density at radius 2 is 2.14 bits per heavy atom. The molecule has 0 saturated heterocycles. The van der Waals surface area contributed by atoms with Crippen LogP contribution in [0.2, 0.25) is 0 Å². The predicted octanol–water partition coefficient (Wildman–Crippen LogP) is 4.81. The van der Waals surface area contributed by atoms with E-state index >= 15 is 0 Å². The van der Waals surface area contributed by atoms with Crippen molar-refractivity contribution < 1.29 is 4.39 Å². The Bertz CT molecular complexity index is 725. The van der Waals surface area contributed by atoms with E-state index in [4.69, 9.17) is 0 Å². The predicted molar refractivity (Wildman–Crippen MR) is 84.2 cm³/mol. The van der Waals surface area contributed by atoms with Gasteiger partial charge in [-0.05, 0) is 59.7 Å². The van der Waals surface area contributed by atoms with Gasteiger partial charge in [0.25, 0.3) is 0 Å². The van der Waals surface area contributed by atoms with Crippen LogP contribution < -0.4 is 0 Å². The first-order chi connectivity index (χ1) is 10.1. The molecule has 0 aliphatic carbocycles. The quantitative estimate of drug-likeness (QED) is 0.794. The maximum atomic E-state index is 13.5. The van der Waals surface area contributed by atoms with E-state index in [9.17, 15) is 9.65 Å². The molecular formula is C18H16FNS. The van der Waals surface area contributed by atoms with Crippen molar-refractivity contribution in [3.05, 3.63) is 64.0 Å². The second-order valence-electron chi connectivity index (χ2n) is 5.65. The van der Waals surface area contributed by atoms with Crippen molar-refractivity contribution in [2.24, 2.45) is 0 Å². The first kappa shape index (κ1) is 14.2. The molecule has 1 atom stereocenters. The summed E-state index contributed by atoms with van der Waals surface area (Å²) >= 11 is 1.81. The van der Waals surface area contributed by atoms with E-state index in [0.29, 0.717) is 12.3 Å². The van der Waals surface area contributed by atoms with Gasteiger partial charge >= 0.3 is 0 Å². The molecule has 1 aliphatic rings. The molecule has 0 bridgehead atoms. The molecule has 0 amide bonds. The second kappa shape index (κ2) is 5.54. The van der Waals surface area contributed by atoms with E-state index in [1.807, 2.05) is 30.8 Å². The smallest absolute Gasteiger partial charge is 0.123 e. The summed E-state index contributed by atoms with van der Waals surface area (Å²) in [5.74, 6) is 1.23. The van der Waals surface area contributed by atoms with Gasteiger partial charge in [-0.1, -0.05) is 19.1 Å². The van der Waals surface area contributed by atoms with Gasteiger partial charge in [0.15, 0.2) is 0 Å². The molecule has 1 nitrogen and oxygen atoms in total. The number of hydrogen-bond donors (Lipinski definition) is 0. The van der Waals surface area contributed by atoms with Crippen LogP contribution in [0.25, 0.3) is 0 Å². The molecule has 0 saturated carbocycles. The fraction of sp³-hybridized carbons (Fsp3) is 0.278. The number of nitrogens with zero attached hydrogens (tertiary/aromatic N) is 1. The number of aryl methyl sites for hydroxylation is 1. The molecule has 21 heavy (non-hydrogen) atoms. The highest BCUT2D eigenvalue weighted by Gasteiger charge is 2.24. The second-order valence-corrected chi connectivity index (χ2v) is 6.71. The van der Waals surface area contributed by atoms with E-state index in [1.165, 1.54) is 16.5 Å². The summed E-state index contributed by atoms with van der Waals surface area (Å²) in [6, 6.07) is 11.5. The van der Waals surface area contributed by atoms with Crippen LogP contribution in [0.5, 0.6) is 0 Å². The Morgan fingerprint density at radius 1 is 1.33 bits per heavy atom. The van der Waals surface area contributed by atoms with Gasteiger partial charge in [-0.15, -0.1) is 11.8 Å². The fourth-order valence-corrected chi connectivity index (χ4v) is 4.19. The topological polar surface area (TPSA) is 23.8 Å². The van der Waals surface area contributed by atoms with Crippen LogP contribution >= 0.6 is 11.8 Å². The summed E-state index contributed by atoms with van der Waals surface area (Å²) in [5.41, 5.74) is 4.78. The van der Waals surface area contributed by atoms with Gasteiger partial charge < -0.3 is 0 Å². The lowest BCUT2D eigenvalue weighted by Crippen LogP contribution is -2.01. The number of rotatable bonds is 2. The summed E-state index contributed by atoms with van der Waals surface area (Å²) in [6.07, 6.45) is 0.603. The van der Waals surface area contributed by atoms with Crippen molar-refractivity contribution in [3.8, 4) is 6.07 Å². The Hall–Kier alpha value is -1.79. The van der Waals surface area contributed by atoms with Gasteiger partial charge in [0.2, 0.25) is 0 Å². The number of nitriles is 1. The third kappa shape index (κ3) is 2.69. The summed E-state index contributed by atoms with van der Waals surface area (Å²) < 4.78 is 13.5. The molecule has 1 unspecified atom stereocenters. The summed E-state index contributed by atoms with van der Waals surface area (Å²) in [6.45, 7) is 4.05. The highest BCUT2D eigenvalue weighted by molar-refractivity contribution is 7.99. The SMILES string of the molecule is Cc1cc(F)cc(Cc2ccc3c(c2C#N)C(C)CS3)c1. The Kier molecular flexibility index (Phi) is 3.73. The van der Waals surface area contributed by atoms with Gasteiger partial charge in [0, 0.05) is 10.6 Å². The summed E-state index contributed by atoms with van der Waals surface area (Å²) in [4.78, 5) is 1.22.